The van der Waals surface area contributed by atoms with Crippen LogP contribution < -0.4 is 15.2 Å². The van der Waals surface area contributed by atoms with Gasteiger partial charge in [-0.15, -0.1) is 0 Å². The summed E-state index contributed by atoms with van der Waals surface area (Å²) in [6, 6.07) is 5.91. The van der Waals surface area contributed by atoms with E-state index in [1.54, 1.807) is 7.11 Å². The summed E-state index contributed by atoms with van der Waals surface area (Å²) in [6.07, 6.45) is 5.96. The standard InChI is InChI=1S/C15H21NO3/c1-17-15-11-12(3-2-8-16)4-5-14(15)19-13-6-9-18-10-7-13/h2-5,11,13H,6-10,16H2,1H3/b3-2+. The molecule has 1 aromatic carbocycles. The van der Waals surface area contributed by atoms with Gasteiger partial charge in [-0.05, 0) is 17.7 Å². The highest BCUT2D eigenvalue weighted by Crippen LogP contribution is 2.30. The van der Waals surface area contributed by atoms with Crippen molar-refractivity contribution in [3.63, 3.8) is 0 Å². The van der Waals surface area contributed by atoms with Crippen molar-refractivity contribution in [2.45, 2.75) is 18.9 Å². The van der Waals surface area contributed by atoms with Crippen molar-refractivity contribution < 1.29 is 14.2 Å². The number of benzene rings is 1. The third kappa shape index (κ3) is 3.98. The van der Waals surface area contributed by atoms with Crippen LogP contribution in [0.2, 0.25) is 0 Å². The van der Waals surface area contributed by atoms with E-state index in [1.165, 1.54) is 0 Å². The van der Waals surface area contributed by atoms with Crippen LogP contribution in [0.1, 0.15) is 18.4 Å². The normalized spacial score (nSPS) is 16.7. The second kappa shape index (κ2) is 7.16. The van der Waals surface area contributed by atoms with E-state index in [0.29, 0.717) is 6.54 Å². The molecule has 1 aromatic rings. The lowest BCUT2D eigenvalue weighted by atomic mass is 10.1. The molecule has 104 valence electrons. The van der Waals surface area contributed by atoms with Crippen LogP contribution in [0, 0.1) is 0 Å². The molecule has 0 spiro atoms. The topological polar surface area (TPSA) is 53.7 Å². The highest BCUT2D eigenvalue weighted by molar-refractivity contribution is 5.56. The lowest BCUT2D eigenvalue weighted by Gasteiger charge is -2.24. The molecule has 1 aliphatic heterocycles. The zero-order chi connectivity index (χ0) is 13.5. The molecule has 1 aliphatic rings. The first-order valence-electron chi connectivity index (χ1n) is 6.62. The predicted octanol–water partition coefficient (Wildman–Crippen LogP) is 2.22. The minimum atomic E-state index is 0.216. The highest BCUT2D eigenvalue weighted by Gasteiger charge is 2.17. The molecular formula is C15H21NO3. The van der Waals surface area contributed by atoms with Crippen molar-refractivity contribution in [3.05, 3.63) is 29.8 Å². The van der Waals surface area contributed by atoms with E-state index in [1.807, 2.05) is 30.4 Å². The first-order chi connectivity index (χ1) is 9.33. The Hall–Kier alpha value is -1.52. The van der Waals surface area contributed by atoms with Crippen LogP contribution in [0.5, 0.6) is 11.5 Å². The quantitative estimate of drug-likeness (QED) is 0.885. The smallest absolute Gasteiger partial charge is 0.161 e. The summed E-state index contributed by atoms with van der Waals surface area (Å²) in [6.45, 7) is 2.07. The fourth-order valence-electron chi connectivity index (χ4n) is 2.06. The number of ether oxygens (including phenoxy) is 3. The number of nitrogens with two attached hydrogens (primary N) is 1. The zero-order valence-electron chi connectivity index (χ0n) is 11.3. The fourth-order valence-corrected chi connectivity index (χ4v) is 2.06. The molecule has 0 unspecified atom stereocenters. The Labute approximate surface area is 114 Å². The van der Waals surface area contributed by atoms with Gasteiger partial charge in [0.05, 0.1) is 20.3 Å². The fraction of sp³-hybridized carbons (Fsp3) is 0.467. The van der Waals surface area contributed by atoms with Crippen LogP contribution in [0.3, 0.4) is 0 Å². The van der Waals surface area contributed by atoms with Gasteiger partial charge in [0.2, 0.25) is 0 Å². The van der Waals surface area contributed by atoms with E-state index < -0.39 is 0 Å². The van der Waals surface area contributed by atoms with Gasteiger partial charge in [0.15, 0.2) is 11.5 Å². The molecule has 1 saturated heterocycles. The maximum Gasteiger partial charge on any atom is 0.161 e. The molecule has 0 amide bonds. The summed E-state index contributed by atoms with van der Waals surface area (Å²) in [5.41, 5.74) is 6.50. The van der Waals surface area contributed by atoms with Crippen LogP contribution in [-0.2, 0) is 4.74 Å². The summed E-state index contributed by atoms with van der Waals surface area (Å²) in [7, 11) is 1.66. The zero-order valence-corrected chi connectivity index (χ0v) is 11.3. The van der Waals surface area contributed by atoms with E-state index in [0.717, 1.165) is 43.1 Å². The molecule has 0 saturated carbocycles. The molecule has 0 aromatic heterocycles. The number of hydrogen-bond donors (Lipinski definition) is 1. The first-order valence-corrected chi connectivity index (χ1v) is 6.62. The molecule has 4 heteroatoms. The number of hydrogen-bond acceptors (Lipinski definition) is 4. The Morgan fingerprint density at radius 2 is 2.11 bits per heavy atom. The van der Waals surface area contributed by atoms with E-state index >= 15 is 0 Å². The molecule has 1 heterocycles. The molecule has 4 nitrogen and oxygen atoms in total. The van der Waals surface area contributed by atoms with E-state index in [2.05, 4.69) is 0 Å². The summed E-state index contributed by atoms with van der Waals surface area (Å²) in [5, 5.41) is 0. The predicted molar refractivity (Wildman–Crippen MR) is 75.6 cm³/mol. The van der Waals surface area contributed by atoms with Gasteiger partial charge in [-0.3, -0.25) is 0 Å². The second-order valence-electron chi connectivity index (χ2n) is 4.48. The van der Waals surface area contributed by atoms with Crippen LogP contribution in [0.25, 0.3) is 6.08 Å². The summed E-state index contributed by atoms with van der Waals surface area (Å²) in [4.78, 5) is 0. The molecular weight excluding hydrogens is 242 g/mol. The molecule has 1 fully saturated rings. The van der Waals surface area contributed by atoms with Gasteiger partial charge in [0.25, 0.3) is 0 Å². The lowest BCUT2D eigenvalue weighted by molar-refractivity contribution is 0.0245. The van der Waals surface area contributed by atoms with Crippen molar-refractivity contribution in [1.29, 1.82) is 0 Å². The minimum Gasteiger partial charge on any atom is -0.493 e. The maximum absolute atomic E-state index is 5.98. The van der Waals surface area contributed by atoms with Crippen molar-refractivity contribution >= 4 is 6.08 Å². The first kappa shape index (κ1) is 13.9. The van der Waals surface area contributed by atoms with Crippen LogP contribution in [0.15, 0.2) is 24.3 Å². The van der Waals surface area contributed by atoms with Crippen LogP contribution in [-0.4, -0.2) is 33.0 Å². The molecule has 2 rings (SSSR count). The number of methoxy groups -OCH3 is 1. The molecule has 0 aliphatic carbocycles. The van der Waals surface area contributed by atoms with E-state index in [-0.39, 0.29) is 6.10 Å². The monoisotopic (exact) mass is 263 g/mol. The largest absolute Gasteiger partial charge is 0.493 e. The highest BCUT2D eigenvalue weighted by atomic mass is 16.5. The van der Waals surface area contributed by atoms with Gasteiger partial charge in [-0.25, -0.2) is 0 Å². The molecule has 19 heavy (non-hydrogen) atoms. The van der Waals surface area contributed by atoms with Gasteiger partial charge in [0, 0.05) is 19.4 Å². The van der Waals surface area contributed by atoms with Gasteiger partial charge >= 0.3 is 0 Å². The van der Waals surface area contributed by atoms with Gasteiger partial charge < -0.3 is 19.9 Å². The number of rotatable bonds is 5. The average molecular weight is 263 g/mol. The van der Waals surface area contributed by atoms with Gasteiger partial charge in [-0.2, -0.15) is 0 Å². The van der Waals surface area contributed by atoms with E-state index in [9.17, 15) is 0 Å². The lowest BCUT2D eigenvalue weighted by Crippen LogP contribution is -2.26. The SMILES string of the molecule is COc1cc(/C=C/CN)ccc1OC1CCOCC1. The molecule has 0 radical (unpaired) electrons. The Kier molecular flexibility index (Phi) is 5.24. The average Bonchev–Trinajstić information content (AvgIpc) is 2.47. The van der Waals surface area contributed by atoms with Crippen LogP contribution in [0.4, 0.5) is 0 Å². The van der Waals surface area contributed by atoms with Crippen molar-refractivity contribution in [3.8, 4) is 11.5 Å². The summed E-state index contributed by atoms with van der Waals surface area (Å²) >= 11 is 0. The van der Waals surface area contributed by atoms with Crippen molar-refractivity contribution in [1.82, 2.24) is 0 Å². The molecule has 2 N–H and O–H groups in total. The van der Waals surface area contributed by atoms with Gasteiger partial charge in [0.1, 0.15) is 6.10 Å². The minimum absolute atomic E-state index is 0.216. The van der Waals surface area contributed by atoms with E-state index in [4.69, 9.17) is 19.9 Å². The molecule has 0 bridgehead atoms. The van der Waals surface area contributed by atoms with Gasteiger partial charge in [-0.1, -0.05) is 18.2 Å². The van der Waals surface area contributed by atoms with Crippen molar-refractivity contribution in [2.24, 2.45) is 5.73 Å². The Balaban J connectivity index is 2.08. The third-order valence-electron chi connectivity index (χ3n) is 3.10. The second-order valence-corrected chi connectivity index (χ2v) is 4.48. The van der Waals surface area contributed by atoms with Crippen LogP contribution >= 0.6 is 0 Å². The third-order valence-corrected chi connectivity index (χ3v) is 3.10. The van der Waals surface area contributed by atoms with Crippen molar-refractivity contribution in [2.75, 3.05) is 26.9 Å². The Bertz CT molecular complexity index is 425. The maximum atomic E-state index is 5.98. The Morgan fingerprint density at radius 1 is 1.32 bits per heavy atom. The Morgan fingerprint density at radius 3 is 2.79 bits per heavy atom. The summed E-state index contributed by atoms with van der Waals surface area (Å²) in [5.74, 6) is 1.55. The summed E-state index contributed by atoms with van der Waals surface area (Å²) < 4.78 is 16.7. The molecule has 0 atom stereocenters.